The van der Waals surface area contributed by atoms with Crippen LogP contribution in [0.15, 0.2) is 23.1 Å². The van der Waals surface area contributed by atoms with E-state index >= 15 is 0 Å². The average molecular weight is 340 g/mol. The molecule has 4 rings (SSSR count). The molecular formula is C17H20N6O2. The fourth-order valence-corrected chi connectivity index (χ4v) is 3.50. The summed E-state index contributed by atoms with van der Waals surface area (Å²) in [4.78, 5) is 31.3. The Bertz CT molecular complexity index is 1030. The Kier molecular flexibility index (Phi) is 3.48. The minimum atomic E-state index is -0.146. The molecule has 8 heteroatoms. The second-order valence-electron chi connectivity index (χ2n) is 6.56. The highest BCUT2D eigenvalue weighted by atomic mass is 16.2. The molecule has 1 aliphatic heterocycles. The van der Waals surface area contributed by atoms with Gasteiger partial charge in [0.1, 0.15) is 0 Å². The zero-order valence-electron chi connectivity index (χ0n) is 14.5. The minimum Gasteiger partial charge on any atom is -0.330 e. The smallest absolute Gasteiger partial charge is 0.272 e. The molecule has 1 saturated heterocycles. The lowest BCUT2D eigenvalue weighted by atomic mass is 10.1. The van der Waals surface area contributed by atoms with Gasteiger partial charge in [-0.1, -0.05) is 0 Å². The molecule has 0 spiro atoms. The summed E-state index contributed by atoms with van der Waals surface area (Å²) in [6.45, 7) is 4.37. The van der Waals surface area contributed by atoms with Gasteiger partial charge in [0.05, 0.1) is 23.5 Å². The van der Waals surface area contributed by atoms with E-state index in [9.17, 15) is 9.59 Å². The largest absolute Gasteiger partial charge is 0.330 e. The zero-order valence-corrected chi connectivity index (χ0v) is 14.5. The number of rotatable bonds is 2. The quantitative estimate of drug-likeness (QED) is 0.763. The molecule has 0 aliphatic carbocycles. The van der Waals surface area contributed by atoms with E-state index < -0.39 is 0 Å². The fraction of sp³-hybridized carbons (Fsp3) is 0.412. The first kappa shape index (κ1) is 15.6. The van der Waals surface area contributed by atoms with Crippen molar-refractivity contribution in [1.82, 2.24) is 29.3 Å². The number of hydrogen-bond acceptors (Lipinski definition) is 4. The van der Waals surface area contributed by atoms with Crippen LogP contribution in [0.5, 0.6) is 0 Å². The molecule has 1 fully saturated rings. The molecule has 25 heavy (non-hydrogen) atoms. The van der Waals surface area contributed by atoms with Crippen molar-refractivity contribution in [3.8, 4) is 0 Å². The first-order valence-corrected chi connectivity index (χ1v) is 8.34. The van der Waals surface area contributed by atoms with Gasteiger partial charge < -0.3 is 4.90 Å². The van der Waals surface area contributed by atoms with Crippen molar-refractivity contribution in [2.75, 3.05) is 6.54 Å². The molecule has 130 valence electrons. The molecular weight excluding hydrogens is 320 g/mol. The molecule has 1 atom stereocenters. The van der Waals surface area contributed by atoms with E-state index in [1.165, 1.54) is 10.6 Å². The monoisotopic (exact) mass is 340 g/mol. The van der Waals surface area contributed by atoms with Crippen LogP contribution in [-0.4, -0.2) is 41.7 Å². The number of aryl methyl sites for hydroxylation is 2. The first-order valence-electron chi connectivity index (χ1n) is 8.34. The lowest BCUT2D eigenvalue weighted by molar-refractivity contribution is 0.0732. The fourth-order valence-electron chi connectivity index (χ4n) is 3.50. The van der Waals surface area contributed by atoms with Gasteiger partial charge in [0, 0.05) is 37.1 Å². The molecule has 3 aromatic heterocycles. The normalized spacial score (nSPS) is 17.6. The van der Waals surface area contributed by atoms with Gasteiger partial charge in [-0.05, 0) is 26.7 Å². The number of amides is 1. The van der Waals surface area contributed by atoms with Crippen molar-refractivity contribution in [3.63, 3.8) is 0 Å². The van der Waals surface area contributed by atoms with Gasteiger partial charge in [0.25, 0.3) is 11.5 Å². The van der Waals surface area contributed by atoms with Gasteiger partial charge in [-0.25, -0.2) is 9.50 Å². The summed E-state index contributed by atoms with van der Waals surface area (Å²) in [6.07, 6.45) is 3.39. The summed E-state index contributed by atoms with van der Waals surface area (Å²) in [5, 5.41) is 7.28. The molecule has 4 heterocycles. The van der Waals surface area contributed by atoms with Crippen molar-refractivity contribution in [2.45, 2.75) is 32.7 Å². The average Bonchev–Trinajstić information content (AvgIpc) is 3.26. The van der Waals surface area contributed by atoms with Gasteiger partial charge in [-0.3, -0.25) is 19.4 Å². The lowest BCUT2D eigenvalue weighted by Crippen LogP contribution is -2.31. The van der Waals surface area contributed by atoms with Crippen molar-refractivity contribution >= 4 is 11.6 Å². The number of hydrogen-bond donors (Lipinski definition) is 1. The van der Waals surface area contributed by atoms with Crippen LogP contribution in [0.1, 0.15) is 46.3 Å². The molecule has 3 aromatic rings. The van der Waals surface area contributed by atoms with Crippen molar-refractivity contribution in [2.24, 2.45) is 7.05 Å². The first-order chi connectivity index (χ1) is 12.0. The van der Waals surface area contributed by atoms with E-state index in [0.29, 0.717) is 23.4 Å². The molecule has 1 aliphatic rings. The van der Waals surface area contributed by atoms with Gasteiger partial charge in [-0.2, -0.15) is 5.10 Å². The van der Waals surface area contributed by atoms with Crippen LogP contribution in [0, 0.1) is 13.8 Å². The summed E-state index contributed by atoms with van der Waals surface area (Å²) < 4.78 is 3.13. The number of aromatic nitrogens is 5. The lowest BCUT2D eigenvalue weighted by Gasteiger charge is -2.23. The van der Waals surface area contributed by atoms with Crippen LogP contribution in [0.25, 0.3) is 5.65 Å². The van der Waals surface area contributed by atoms with Gasteiger partial charge >= 0.3 is 0 Å². The SMILES string of the molecule is Cc1cc(=O)n2[nH]c([C@H]3CCCN3C(=O)c3cnn(C)c3C)cc2n1. The van der Waals surface area contributed by atoms with E-state index in [-0.39, 0.29) is 17.5 Å². The molecule has 0 aromatic carbocycles. The molecule has 1 N–H and O–H groups in total. The molecule has 0 bridgehead atoms. The zero-order chi connectivity index (χ0) is 17.7. The summed E-state index contributed by atoms with van der Waals surface area (Å²) >= 11 is 0. The van der Waals surface area contributed by atoms with E-state index in [2.05, 4.69) is 15.2 Å². The third-order valence-electron chi connectivity index (χ3n) is 4.94. The van der Waals surface area contributed by atoms with Crippen molar-refractivity contribution in [3.05, 3.63) is 51.3 Å². The van der Waals surface area contributed by atoms with Crippen LogP contribution >= 0.6 is 0 Å². The van der Waals surface area contributed by atoms with Crippen LogP contribution in [-0.2, 0) is 7.05 Å². The Hall–Kier alpha value is -2.90. The maximum atomic E-state index is 13.0. The Balaban J connectivity index is 1.72. The summed E-state index contributed by atoms with van der Waals surface area (Å²) in [7, 11) is 1.83. The van der Waals surface area contributed by atoms with Crippen LogP contribution < -0.4 is 5.56 Å². The molecule has 8 nitrogen and oxygen atoms in total. The summed E-state index contributed by atoms with van der Waals surface area (Å²) in [5.74, 6) is -0.0248. The maximum Gasteiger partial charge on any atom is 0.272 e. The predicted molar refractivity (Wildman–Crippen MR) is 91.5 cm³/mol. The van der Waals surface area contributed by atoms with Crippen molar-refractivity contribution in [1.29, 1.82) is 0 Å². The van der Waals surface area contributed by atoms with E-state index in [0.717, 1.165) is 24.2 Å². The Labute approximate surface area is 144 Å². The van der Waals surface area contributed by atoms with Crippen LogP contribution in [0.2, 0.25) is 0 Å². The highest BCUT2D eigenvalue weighted by Gasteiger charge is 2.33. The highest BCUT2D eigenvalue weighted by Crippen LogP contribution is 2.33. The van der Waals surface area contributed by atoms with E-state index in [1.807, 2.05) is 24.9 Å². The number of carbonyl (C=O) groups is 1. The Morgan fingerprint density at radius 2 is 2.12 bits per heavy atom. The topological polar surface area (TPSA) is 88.3 Å². The number of aromatic amines is 1. The standard InChI is InChI=1S/C17H20N6O2/c1-10-7-16(24)23-15(19-10)8-13(20-23)14-5-4-6-22(14)17(25)12-9-18-21(3)11(12)2/h7-9,14,20H,4-6H2,1-3H3/t14-/m1/s1. The van der Waals surface area contributed by atoms with Crippen LogP contribution in [0.4, 0.5) is 0 Å². The molecule has 0 unspecified atom stereocenters. The summed E-state index contributed by atoms with van der Waals surface area (Å²) in [5.41, 5.74) is 3.42. The number of nitrogens with zero attached hydrogens (tertiary/aromatic N) is 5. The molecule has 0 saturated carbocycles. The number of H-pyrrole nitrogens is 1. The number of fused-ring (bicyclic) bond motifs is 1. The van der Waals surface area contributed by atoms with Gasteiger partial charge in [-0.15, -0.1) is 0 Å². The number of nitrogens with one attached hydrogen (secondary N) is 1. The van der Waals surface area contributed by atoms with E-state index in [4.69, 9.17) is 0 Å². The Morgan fingerprint density at radius 3 is 2.84 bits per heavy atom. The highest BCUT2D eigenvalue weighted by molar-refractivity contribution is 5.95. The third-order valence-corrected chi connectivity index (χ3v) is 4.94. The van der Waals surface area contributed by atoms with Crippen LogP contribution in [0.3, 0.4) is 0 Å². The predicted octanol–water partition coefficient (Wildman–Crippen LogP) is 1.35. The molecule has 1 amide bonds. The maximum absolute atomic E-state index is 13.0. The van der Waals surface area contributed by atoms with Gasteiger partial charge in [0.2, 0.25) is 0 Å². The minimum absolute atomic E-state index is 0.0248. The second kappa shape index (κ2) is 5.58. The van der Waals surface area contributed by atoms with Crippen molar-refractivity contribution < 1.29 is 4.79 Å². The number of carbonyl (C=O) groups excluding carboxylic acids is 1. The second-order valence-corrected chi connectivity index (χ2v) is 6.56. The number of likely N-dealkylation sites (tertiary alicyclic amines) is 1. The van der Waals surface area contributed by atoms with E-state index in [1.54, 1.807) is 17.8 Å². The molecule has 0 radical (unpaired) electrons. The third kappa shape index (κ3) is 2.45. The van der Waals surface area contributed by atoms with Gasteiger partial charge in [0.15, 0.2) is 5.65 Å². The summed E-state index contributed by atoms with van der Waals surface area (Å²) in [6, 6.07) is 3.26. The Morgan fingerprint density at radius 1 is 1.32 bits per heavy atom.